The van der Waals surface area contributed by atoms with Gasteiger partial charge in [-0.25, -0.2) is 0 Å². The molecule has 0 atom stereocenters. The number of hydrogen-bond donors (Lipinski definition) is 0. The fraction of sp³-hybridized carbons (Fsp3) is 0. The van der Waals surface area contributed by atoms with E-state index < -0.39 is 0 Å². The van der Waals surface area contributed by atoms with Crippen LogP contribution in [-0.2, 0) is 0 Å². The van der Waals surface area contributed by atoms with Gasteiger partial charge in [0.1, 0.15) is 11.1 Å². The average Bonchev–Trinajstić information content (AvgIpc) is 3.32. The first-order valence-corrected chi connectivity index (χ1v) is 11.7. The maximum Gasteiger partial charge on any atom is 0.161 e. The number of pyridine rings is 2. The zero-order chi connectivity index (χ0) is 23.2. The van der Waals surface area contributed by atoms with Crippen LogP contribution in [-0.4, -0.2) is 9.97 Å². The van der Waals surface area contributed by atoms with Gasteiger partial charge in [0, 0.05) is 29.5 Å². The van der Waals surface area contributed by atoms with Crippen molar-refractivity contribution in [1.29, 1.82) is 0 Å². The molecule has 3 aromatic heterocycles. The predicted octanol–water partition coefficient (Wildman–Crippen LogP) is 8.53. The molecular formula is C32H20N2O. The van der Waals surface area contributed by atoms with Gasteiger partial charge >= 0.3 is 0 Å². The van der Waals surface area contributed by atoms with Crippen LogP contribution in [0.5, 0.6) is 0 Å². The predicted molar refractivity (Wildman–Crippen MR) is 143 cm³/mol. The van der Waals surface area contributed by atoms with Gasteiger partial charge in [-0.15, -0.1) is 0 Å². The van der Waals surface area contributed by atoms with Crippen LogP contribution in [0.4, 0.5) is 0 Å². The van der Waals surface area contributed by atoms with E-state index in [0.717, 1.165) is 44.3 Å². The fourth-order valence-corrected chi connectivity index (χ4v) is 5.00. The minimum absolute atomic E-state index is 0.814. The molecule has 7 aromatic rings. The Bertz CT molecular complexity index is 1840. The molecule has 0 saturated carbocycles. The molecule has 164 valence electrons. The van der Waals surface area contributed by atoms with Crippen LogP contribution < -0.4 is 0 Å². The van der Waals surface area contributed by atoms with Gasteiger partial charge in [-0.2, -0.15) is 0 Å². The van der Waals surface area contributed by atoms with Crippen LogP contribution in [0.2, 0.25) is 0 Å². The number of aromatic nitrogens is 2. The zero-order valence-electron chi connectivity index (χ0n) is 18.8. The van der Waals surface area contributed by atoms with Gasteiger partial charge < -0.3 is 4.42 Å². The number of rotatable bonds is 3. The monoisotopic (exact) mass is 448 g/mol. The first-order chi connectivity index (χ1) is 17.4. The second-order valence-corrected chi connectivity index (χ2v) is 8.66. The first kappa shape index (κ1) is 19.7. The Balaban J connectivity index is 1.46. The Morgan fingerprint density at radius 1 is 0.486 bits per heavy atom. The third-order valence-electron chi connectivity index (χ3n) is 6.66. The van der Waals surface area contributed by atoms with Gasteiger partial charge in [0.15, 0.2) is 5.58 Å². The third-order valence-corrected chi connectivity index (χ3v) is 6.66. The molecular weight excluding hydrogens is 428 g/mol. The van der Waals surface area contributed by atoms with Crippen LogP contribution in [0.1, 0.15) is 0 Å². The highest BCUT2D eigenvalue weighted by atomic mass is 16.3. The summed E-state index contributed by atoms with van der Waals surface area (Å²) in [5.41, 5.74) is 9.40. The van der Waals surface area contributed by atoms with Crippen molar-refractivity contribution in [3.63, 3.8) is 0 Å². The Morgan fingerprint density at radius 3 is 2.06 bits per heavy atom. The minimum atomic E-state index is 0.814. The van der Waals surface area contributed by atoms with Crippen molar-refractivity contribution in [3.05, 3.63) is 122 Å². The Kier molecular flexibility index (Phi) is 4.46. The van der Waals surface area contributed by atoms with Gasteiger partial charge in [-0.1, -0.05) is 72.8 Å². The molecule has 0 radical (unpaired) electrons. The minimum Gasteiger partial charge on any atom is -0.454 e. The molecule has 0 unspecified atom stereocenters. The molecule has 0 spiro atoms. The second kappa shape index (κ2) is 7.93. The summed E-state index contributed by atoms with van der Waals surface area (Å²) in [4.78, 5) is 8.91. The normalized spacial score (nSPS) is 11.4. The largest absolute Gasteiger partial charge is 0.454 e. The number of benzene rings is 4. The summed E-state index contributed by atoms with van der Waals surface area (Å²) < 4.78 is 6.42. The molecule has 0 amide bonds. The SMILES string of the molecule is c1ccc(-c2ccc3oc4c(-c5ccc(-c6ccncc6)c6ccccc56)ccnc4c3c2)cc1. The van der Waals surface area contributed by atoms with E-state index in [2.05, 4.69) is 96.0 Å². The molecule has 0 N–H and O–H groups in total. The second-order valence-electron chi connectivity index (χ2n) is 8.66. The summed E-state index contributed by atoms with van der Waals surface area (Å²) in [5.74, 6) is 0. The lowest BCUT2D eigenvalue weighted by atomic mass is 9.92. The molecule has 0 aliphatic carbocycles. The number of hydrogen-bond acceptors (Lipinski definition) is 3. The molecule has 3 nitrogen and oxygen atoms in total. The van der Waals surface area contributed by atoms with Gasteiger partial charge in [0.05, 0.1) is 0 Å². The van der Waals surface area contributed by atoms with Crippen molar-refractivity contribution in [2.75, 3.05) is 0 Å². The number of nitrogens with zero attached hydrogens (tertiary/aromatic N) is 2. The molecule has 3 heterocycles. The Labute approximate surface area is 202 Å². The van der Waals surface area contributed by atoms with Crippen LogP contribution in [0, 0.1) is 0 Å². The van der Waals surface area contributed by atoms with Gasteiger partial charge in [0.2, 0.25) is 0 Å². The van der Waals surface area contributed by atoms with Gasteiger partial charge in [0.25, 0.3) is 0 Å². The van der Waals surface area contributed by atoms with E-state index in [1.165, 1.54) is 21.9 Å². The van der Waals surface area contributed by atoms with Crippen molar-refractivity contribution in [2.24, 2.45) is 0 Å². The zero-order valence-corrected chi connectivity index (χ0v) is 18.8. The van der Waals surface area contributed by atoms with Crippen molar-refractivity contribution in [3.8, 4) is 33.4 Å². The molecule has 0 bridgehead atoms. The highest BCUT2D eigenvalue weighted by Crippen LogP contribution is 2.40. The van der Waals surface area contributed by atoms with E-state index in [4.69, 9.17) is 9.40 Å². The van der Waals surface area contributed by atoms with Crippen LogP contribution in [0.3, 0.4) is 0 Å². The standard InChI is InChI=1S/C32H20N2O/c1-2-6-21(7-3-1)23-10-13-30-29(20-23)31-32(35-30)28(16-19-34-31)27-12-11-24(22-14-17-33-18-15-22)25-8-4-5-9-26(25)27/h1-20H. The van der Waals surface area contributed by atoms with Crippen molar-refractivity contribution < 1.29 is 4.42 Å². The summed E-state index contributed by atoms with van der Waals surface area (Å²) in [6.07, 6.45) is 5.55. The third kappa shape index (κ3) is 3.21. The van der Waals surface area contributed by atoms with Crippen molar-refractivity contribution in [2.45, 2.75) is 0 Å². The Morgan fingerprint density at radius 2 is 1.23 bits per heavy atom. The van der Waals surface area contributed by atoms with Crippen LogP contribution in [0.25, 0.3) is 66.2 Å². The molecule has 0 saturated heterocycles. The number of furan rings is 1. The van der Waals surface area contributed by atoms with E-state index in [1.807, 2.05) is 30.7 Å². The summed E-state index contributed by atoms with van der Waals surface area (Å²) in [7, 11) is 0. The van der Waals surface area contributed by atoms with Crippen LogP contribution >= 0.6 is 0 Å². The Hall–Kier alpha value is -4.76. The molecule has 0 fully saturated rings. The fourth-order valence-electron chi connectivity index (χ4n) is 5.00. The number of fused-ring (bicyclic) bond motifs is 4. The van der Waals surface area contributed by atoms with Gasteiger partial charge in [-0.05, 0) is 68.9 Å². The lowest BCUT2D eigenvalue weighted by molar-refractivity contribution is 0.669. The molecule has 0 aliphatic rings. The van der Waals surface area contributed by atoms with Crippen molar-refractivity contribution in [1.82, 2.24) is 9.97 Å². The van der Waals surface area contributed by atoms with Crippen molar-refractivity contribution >= 4 is 32.8 Å². The summed E-state index contributed by atoms with van der Waals surface area (Å²) in [6, 6.07) is 35.8. The molecule has 35 heavy (non-hydrogen) atoms. The highest BCUT2D eigenvalue weighted by molar-refractivity contribution is 6.12. The maximum atomic E-state index is 6.42. The summed E-state index contributed by atoms with van der Waals surface area (Å²) >= 11 is 0. The maximum absolute atomic E-state index is 6.42. The van der Waals surface area contributed by atoms with E-state index in [1.54, 1.807) is 0 Å². The topological polar surface area (TPSA) is 38.9 Å². The molecule has 4 aromatic carbocycles. The lowest BCUT2D eigenvalue weighted by Gasteiger charge is -2.12. The molecule has 7 rings (SSSR count). The van der Waals surface area contributed by atoms with E-state index in [0.29, 0.717) is 0 Å². The van der Waals surface area contributed by atoms with E-state index in [-0.39, 0.29) is 0 Å². The van der Waals surface area contributed by atoms with E-state index >= 15 is 0 Å². The summed E-state index contributed by atoms with van der Waals surface area (Å²) in [6.45, 7) is 0. The molecule has 3 heteroatoms. The first-order valence-electron chi connectivity index (χ1n) is 11.7. The van der Waals surface area contributed by atoms with E-state index in [9.17, 15) is 0 Å². The highest BCUT2D eigenvalue weighted by Gasteiger charge is 2.17. The molecule has 0 aliphatic heterocycles. The van der Waals surface area contributed by atoms with Crippen LogP contribution in [0.15, 0.2) is 126 Å². The quantitative estimate of drug-likeness (QED) is 0.272. The lowest BCUT2D eigenvalue weighted by Crippen LogP contribution is -1.87. The average molecular weight is 449 g/mol. The van der Waals surface area contributed by atoms with Gasteiger partial charge in [-0.3, -0.25) is 9.97 Å². The summed E-state index contributed by atoms with van der Waals surface area (Å²) in [5, 5.41) is 3.41. The smallest absolute Gasteiger partial charge is 0.161 e.